The molecule has 0 unspecified atom stereocenters. The second-order valence-corrected chi connectivity index (χ2v) is 15.2. The molecule has 0 atom stereocenters. The number of hydrogen-bond acceptors (Lipinski definition) is 3. The van der Waals surface area contributed by atoms with Gasteiger partial charge in [0.15, 0.2) is 5.58 Å². The van der Waals surface area contributed by atoms with Crippen LogP contribution in [0.4, 0.5) is 0 Å². The van der Waals surface area contributed by atoms with Crippen molar-refractivity contribution in [3.05, 3.63) is 164 Å². The molecule has 0 aliphatic carbocycles. The number of furan rings is 1. The van der Waals surface area contributed by atoms with Crippen LogP contribution in [0.3, 0.4) is 0 Å². The summed E-state index contributed by atoms with van der Waals surface area (Å²) in [6.45, 7) is 0. The summed E-state index contributed by atoms with van der Waals surface area (Å²) in [5.41, 5.74) is 6.24. The normalized spacial score (nSPS) is 12.6. The van der Waals surface area contributed by atoms with Crippen LogP contribution in [0.1, 0.15) is 0 Å². The van der Waals surface area contributed by atoms with Crippen molar-refractivity contribution in [1.29, 1.82) is 0 Å². The molecule has 0 radical (unpaired) electrons. The van der Waals surface area contributed by atoms with Gasteiger partial charge in [0.1, 0.15) is 16.8 Å². The molecule has 0 aliphatic rings. The third-order valence-electron chi connectivity index (χ3n) is 12.5. The zero-order chi connectivity index (χ0) is 36.2. The Labute approximate surface area is 318 Å². The van der Waals surface area contributed by atoms with E-state index in [-0.39, 0.29) is 0 Å². The quantitative estimate of drug-likeness (QED) is 0.168. The smallest absolute Gasteiger partial charge is 0.236 e. The van der Waals surface area contributed by atoms with Gasteiger partial charge in [-0.1, -0.05) is 133 Å². The Bertz CT molecular complexity index is 4000. The summed E-state index contributed by atoms with van der Waals surface area (Å²) < 4.78 is 8.97. The van der Waals surface area contributed by atoms with Crippen LogP contribution in [-0.4, -0.2) is 14.5 Å². The molecule has 56 heavy (non-hydrogen) atoms. The summed E-state index contributed by atoms with van der Waals surface area (Å²) in [6.07, 6.45) is 0. The summed E-state index contributed by atoms with van der Waals surface area (Å²) in [7, 11) is 0. The molecule has 4 nitrogen and oxygen atoms in total. The van der Waals surface area contributed by atoms with Crippen molar-refractivity contribution in [3.63, 3.8) is 0 Å². The Morgan fingerprint density at radius 2 is 0.982 bits per heavy atom. The highest BCUT2D eigenvalue weighted by Gasteiger charge is 2.26. The van der Waals surface area contributed by atoms with Gasteiger partial charge < -0.3 is 4.42 Å². The van der Waals surface area contributed by atoms with E-state index in [2.05, 4.69) is 156 Å². The topological polar surface area (TPSA) is 43.9 Å². The number of rotatable bonds is 2. The second-order valence-electron chi connectivity index (χ2n) is 15.2. The number of fused-ring (bicyclic) bond motifs is 12. The molecule has 0 aliphatic heterocycles. The van der Waals surface area contributed by atoms with E-state index in [1.54, 1.807) is 0 Å². The molecule has 0 bridgehead atoms. The molecule has 3 heterocycles. The maximum atomic E-state index is 6.66. The van der Waals surface area contributed by atoms with E-state index < -0.39 is 0 Å². The van der Waals surface area contributed by atoms with Crippen LogP contribution in [0.15, 0.2) is 168 Å². The standard InChI is InChI=1S/C52H27N3O/c1-2-11-31-28(10-1)20-21-29-26-30(22-23-32(29)31)49-51-50(40-16-7-8-19-44(40)56-51)54-52(53-49)55-42-18-9-17-37-33-12-3-4-13-34(33)39-25-24-38-35-14-5-6-15-36(35)41-27-43(55)48(46(37)42)47(39)45(38)41/h1-27H. The molecular formula is C52H27N3O. The molecule has 4 heteroatoms. The molecule has 0 fully saturated rings. The Balaban J connectivity index is 1.18. The molecule has 0 amide bonds. The summed E-state index contributed by atoms with van der Waals surface area (Å²) in [5, 5.41) is 21.0. The lowest BCUT2D eigenvalue weighted by Gasteiger charge is -2.12. The van der Waals surface area contributed by atoms with Gasteiger partial charge in [-0.15, -0.1) is 0 Å². The van der Waals surface area contributed by atoms with Crippen LogP contribution >= 0.6 is 0 Å². The zero-order valence-corrected chi connectivity index (χ0v) is 29.8. The minimum atomic E-state index is 0.624. The molecule has 0 saturated carbocycles. The fraction of sp³-hybridized carbons (Fsp3) is 0. The van der Waals surface area contributed by atoms with Crippen LogP contribution in [0.2, 0.25) is 0 Å². The van der Waals surface area contributed by atoms with Crippen molar-refractivity contribution < 1.29 is 4.42 Å². The predicted molar refractivity (Wildman–Crippen MR) is 234 cm³/mol. The van der Waals surface area contributed by atoms with Gasteiger partial charge in [0.2, 0.25) is 5.95 Å². The van der Waals surface area contributed by atoms with E-state index in [9.17, 15) is 0 Å². The molecule has 3 aromatic heterocycles. The molecule has 11 aromatic carbocycles. The van der Waals surface area contributed by atoms with Gasteiger partial charge in [-0.05, 0) is 100 Å². The van der Waals surface area contributed by atoms with Crippen molar-refractivity contribution in [1.82, 2.24) is 14.5 Å². The predicted octanol–water partition coefficient (Wildman–Crippen LogP) is 14.1. The van der Waals surface area contributed by atoms with Crippen molar-refractivity contribution in [3.8, 4) is 17.2 Å². The van der Waals surface area contributed by atoms with Crippen molar-refractivity contribution in [2.24, 2.45) is 0 Å². The van der Waals surface area contributed by atoms with Crippen molar-refractivity contribution in [2.75, 3.05) is 0 Å². The van der Waals surface area contributed by atoms with E-state index in [1.165, 1.54) is 80.8 Å². The lowest BCUT2D eigenvalue weighted by atomic mass is 9.97. The highest BCUT2D eigenvalue weighted by Crippen LogP contribution is 2.50. The van der Waals surface area contributed by atoms with E-state index in [4.69, 9.17) is 14.4 Å². The summed E-state index contributed by atoms with van der Waals surface area (Å²) in [4.78, 5) is 11.0. The first-order valence-corrected chi connectivity index (χ1v) is 19.2. The third kappa shape index (κ3) is 3.50. The maximum absolute atomic E-state index is 6.66. The fourth-order valence-corrected chi connectivity index (χ4v) is 10.1. The first-order chi connectivity index (χ1) is 27.8. The molecule has 14 rings (SSSR count). The van der Waals surface area contributed by atoms with Gasteiger partial charge in [0.25, 0.3) is 0 Å². The highest BCUT2D eigenvalue weighted by molar-refractivity contribution is 6.44. The summed E-state index contributed by atoms with van der Waals surface area (Å²) in [5.74, 6) is 0.624. The third-order valence-corrected chi connectivity index (χ3v) is 12.5. The molecule has 0 saturated heterocycles. The molecule has 0 spiro atoms. The van der Waals surface area contributed by atoms with Crippen LogP contribution in [0, 0.1) is 0 Å². The van der Waals surface area contributed by atoms with Crippen LogP contribution in [0.5, 0.6) is 0 Å². The Morgan fingerprint density at radius 1 is 0.375 bits per heavy atom. The van der Waals surface area contributed by atoms with E-state index in [0.717, 1.165) is 44.2 Å². The second kappa shape index (κ2) is 10.1. The van der Waals surface area contributed by atoms with Gasteiger partial charge in [-0.25, -0.2) is 9.97 Å². The van der Waals surface area contributed by atoms with Gasteiger partial charge in [0.05, 0.1) is 11.0 Å². The lowest BCUT2D eigenvalue weighted by molar-refractivity contribution is 0.666. The zero-order valence-electron chi connectivity index (χ0n) is 29.8. The maximum Gasteiger partial charge on any atom is 0.236 e. The average molecular weight is 710 g/mol. The monoisotopic (exact) mass is 709 g/mol. The largest absolute Gasteiger partial charge is 0.452 e. The molecular weight excluding hydrogens is 683 g/mol. The molecule has 0 N–H and O–H groups in total. The van der Waals surface area contributed by atoms with Crippen LogP contribution in [-0.2, 0) is 0 Å². The van der Waals surface area contributed by atoms with Crippen molar-refractivity contribution >= 4 is 119 Å². The number of para-hydroxylation sites is 1. The van der Waals surface area contributed by atoms with Gasteiger partial charge in [-0.3, -0.25) is 4.57 Å². The van der Waals surface area contributed by atoms with E-state index >= 15 is 0 Å². The van der Waals surface area contributed by atoms with Crippen molar-refractivity contribution in [2.45, 2.75) is 0 Å². The van der Waals surface area contributed by atoms with E-state index in [0.29, 0.717) is 11.5 Å². The highest BCUT2D eigenvalue weighted by atomic mass is 16.3. The number of hydrogen-bond donors (Lipinski definition) is 0. The Morgan fingerprint density at radius 3 is 1.79 bits per heavy atom. The molecule has 256 valence electrons. The first kappa shape index (κ1) is 28.9. The minimum Gasteiger partial charge on any atom is -0.452 e. The number of benzene rings is 9. The molecule has 14 aromatic rings. The number of nitrogens with zero attached hydrogens (tertiary/aromatic N) is 3. The van der Waals surface area contributed by atoms with E-state index in [1.807, 2.05) is 12.1 Å². The first-order valence-electron chi connectivity index (χ1n) is 19.2. The fourth-order valence-electron chi connectivity index (χ4n) is 10.1. The van der Waals surface area contributed by atoms with Gasteiger partial charge >= 0.3 is 0 Å². The lowest BCUT2D eigenvalue weighted by Crippen LogP contribution is -2.03. The summed E-state index contributed by atoms with van der Waals surface area (Å²) in [6, 6.07) is 59.3. The average Bonchev–Trinajstić information content (AvgIpc) is 3.88. The van der Waals surface area contributed by atoms with Gasteiger partial charge in [0, 0.05) is 27.1 Å². The Hall–Kier alpha value is -7.56. The minimum absolute atomic E-state index is 0.624. The van der Waals surface area contributed by atoms with Gasteiger partial charge in [-0.2, -0.15) is 0 Å². The Kier molecular flexibility index (Phi) is 5.23. The number of aromatic nitrogens is 3. The van der Waals surface area contributed by atoms with Crippen LogP contribution in [0.25, 0.3) is 136 Å². The SMILES string of the molecule is c1ccc2c(c1)ccc1cc(-c3nc(-n4c5cccc6c7ccccc7c7ccc8c9ccccc9c9cc4c(c7c89)c65)nc4c3oc3ccccc34)ccc12. The summed E-state index contributed by atoms with van der Waals surface area (Å²) >= 11 is 0. The van der Waals surface area contributed by atoms with Crippen LogP contribution < -0.4 is 0 Å².